The third-order valence-electron chi connectivity index (χ3n) is 10.8. The van der Waals surface area contributed by atoms with Crippen LogP contribution in [0.4, 0.5) is 0 Å². The first-order chi connectivity index (χ1) is 27.2. The zero-order chi connectivity index (χ0) is 36.8. The first-order valence-electron chi connectivity index (χ1n) is 18.4. The summed E-state index contributed by atoms with van der Waals surface area (Å²) in [7, 11) is 0. The second-order valence-electron chi connectivity index (χ2n) is 13.9. The van der Waals surface area contributed by atoms with Crippen LogP contribution in [-0.4, -0.2) is 15.0 Å². The Labute approximate surface area is 319 Å². The molecule has 4 heteroatoms. The largest absolute Gasteiger partial charge is 0.208 e. The van der Waals surface area contributed by atoms with Crippen molar-refractivity contribution in [3.05, 3.63) is 222 Å². The van der Waals surface area contributed by atoms with Crippen LogP contribution in [0.5, 0.6) is 0 Å². The maximum Gasteiger partial charge on any atom is 0.164 e. The highest BCUT2D eigenvalue weighted by Crippen LogP contribution is 2.59. The van der Waals surface area contributed by atoms with Crippen molar-refractivity contribution in [3.63, 3.8) is 0 Å². The number of benzene rings is 8. The Hall–Kier alpha value is -7.48. The standard InChI is InChI=1S/C51H32N4/c52-33-34-15-14-22-40(31-34)51(39-20-8-3-9-21-39)45-26-13-12-25-43(45)47-42-24-11-10-23-41(42)44(32-46(47)51)35-27-29-38(30-28-35)50-54-48(36-16-4-1-5-17-36)53-49(55-50)37-18-6-2-7-19-37/h1-32H. The summed E-state index contributed by atoms with van der Waals surface area (Å²) in [4.78, 5) is 14.8. The van der Waals surface area contributed by atoms with E-state index in [1.807, 2.05) is 72.8 Å². The highest BCUT2D eigenvalue weighted by Gasteiger charge is 2.47. The molecule has 0 bridgehead atoms. The molecule has 9 aromatic rings. The second-order valence-corrected chi connectivity index (χ2v) is 13.9. The van der Waals surface area contributed by atoms with Gasteiger partial charge in [-0.3, -0.25) is 0 Å². The lowest BCUT2D eigenvalue weighted by Crippen LogP contribution is -2.28. The molecule has 1 aromatic heterocycles. The van der Waals surface area contributed by atoms with Crippen LogP contribution in [0.15, 0.2) is 194 Å². The molecular weight excluding hydrogens is 669 g/mol. The summed E-state index contributed by atoms with van der Waals surface area (Å²) in [6.45, 7) is 0. The normalized spacial score (nSPS) is 14.2. The summed E-state index contributed by atoms with van der Waals surface area (Å²) in [5, 5.41) is 12.4. The van der Waals surface area contributed by atoms with E-state index in [0.29, 0.717) is 23.0 Å². The van der Waals surface area contributed by atoms with Gasteiger partial charge in [0.05, 0.1) is 17.0 Å². The molecule has 1 aliphatic rings. The molecule has 0 amide bonds. The van der Waals surface area contributed by atoms with Gasteiger partial charge in [0.1, 0.15) is 0 Å². The third-order valence-corrected chi connectivity index (χ3v) is 10.8. The molecule has 256 valence electrons. The SMILES string of the molecule is N#Cc1cccc(C2(c3ccccc3)c3ccccc3-c3c2cc(-c2ccc(-c4nc(-c5ccccc5)nc(-c5ccccc5)n4)cc2)c2ccccc32)c1. The minimum Gasteiger partial charge on any atom is -0.208 e. The van der Waals surface area contributed by atoms with E-state index < -0.39 is 5.41 Å². The molecule has 0 saturated carbocycles. The van der Waals surface area contributed by atoms with Crippen molar-refractivity contribution in [1.82, 2.24) is 15.0 Å². The quantitative estimate of drug-likeness (QED) is 0.173. The molecule has 0 radical (unpaired) electrons. The van der Waals surface area contributed by atoms with Crippen molar-refractivity contribution in [2.24, 2.45) is 0 Å². The van der Waals surface area contributed by atoms with Crippen LogP contribution in [-0.2, 0) is 5.41 Å². The van der Waals surface area contributed by atoms with Crippen LogP contribution in [0.25, 0.3) is 67.2 Å². The molecule has 8 aromatic carbocycles. The molecule has 1 heterocycles. The molecule has 0 spiro atoms. The summed E-state index contributed by atoms with van der Waals surface area (Å²) in [5.41, 5.74) is 12.1. The van der Waals surface area contributed by atoms with E-state index in [0.717, 1.165) is 38.9 Å². The lowest BCUT2D eigenvalue weighted by Gasteiger charge is -2.34. The average Bonchev–Trinajstić information content (AvgIpc) is 3.58. The number of hydrogen-bond donors (Lipinski definition) is 0. The molecule has 1 unspecified atom stereocenters. The van der Waals surface area contributed by atoms with Crippen LogP contribution < -0.4 is 0 Å². The number of aromatic nitrogens is 3. The van der Waals surface area contributed by atoms with Crippen molar-refractivity contribution >= 4 is 10.8 Å². The van der Waals surface area contributed by atoms with Gasteiger partial charge in [-0.05, 0) is 73.5 Å². The van der Waals surface area contributed by atoms with E-state index in [4.69, 9.17) is 15.0 Å². The van der Waals surface area contributed by atoms with Gasteiger partial charge in [-0.2, -0.15) is 5.26 Å². The number of hydrogen-bond acceptors (Lipinski definition) is 4. The minimum atomic E-state index is -0.647. The maximum absolute atomic E-state index is 10.1. The summed E-state index contributed by atoms with van der Waals surface area (Å²) in [5.74, 6) is 1.89. The van der Waals surface area contributed by atoms with Crippen LogP contribution in [0.2, 0.25) is 0 Å². The lowest BCUT2D eigenvalue weighted by molar-refractivity contribution is 0.769. The smallest absolute Gasteiger partial charge is 0.164 e. The Morgan fingerprint density at radius 2 is 0.891 bits per heavy atom. The fourth-order valence-electron chi connectivity index (χ4n) is 8.41. The van der Waals surface area contributed by atoms with Gasteiger partial charge in [0, 0.05) is 16.7 Å². The highest BCUT2D eigenvalue weighted by molar-refractivity contribution is 6.10. The Balaban J connectivity index is 1.19. The third kappa shape index (κ3) is 5.25. The topological polar surface area (TPSA) is 62.5 Å². The number of nitriles is 1. The first-order valence-corrected chi connectivity index (χ1v) is 18.4. The Morgan fingerprint density at radius 3 is 1.53 bits per heavy atom. The van der Waals surface area contributed by atoms with Crippen LogP contribution >= 0.6 is 0 Å². The molecule has 0 aliphatic heterocycles. The van der Waals surface area contributed by atoms with Gasteiger partial charge >= 0.3 is 0 Å². The second kappa shape index (κ2) is 13.2. The van der Waals surface area contributed by atoms with Crippen LogP contribution in [0, 0.1) is 11.3 Å². The highest BCUT2D eigenvalue weighted by atomic mass is 15.0. The summed E-state index contributed by atoms with van der Waals surface area (Å²) >= 11 is 0. The molecule has 55 heavy (non-hydrogen) atoms. The van der Waals surface area contributed by atoms with Crippen molar-refractivity contribution < 1.29 is 0 Å². The lowest BCUT2D eigenvalue weighted by atomic mass is 9.67. The van der Waals surface area contributed by atoms with E-state index in [1.165, 1.54) is 33.0 Å². The van der Waals surface area contributed by atoms with E-state index in [-0.39, 0.29) is 0 Å². The Bertz CT molecular complexity index is 2860. The Morgan fingerprint density at radius 1 is 0.382 bits per heavy atom. The summed E-state index contributed by atoms with van der Waals surface area (Å²) in [6.07, 6.45) is 0. The van der Waals surface area contributed by atoms with Crippen molar-refractivity contribution in [2.45, 2.75) is 5.41 Å². The molecule has 0 fully saturated rings. The molecule has 1 aliphatic carbocycles. The molecular formula is C51H32N4. The summed E-state index contributed by atoms with van der Waals surface area (Å²) in [6, 6.07) is 69.8. The van der Waals surface area contributed by atoms with Crippen LogP contribution in [0.3, 0.4) is 0 Å². The van der Waals surface area contributed by atoms with Gasteiger partial charge in [0.2, 0.25) is 0 Å². The zero-order valence-corrected chi connectivity index (χ0v) is 29.8. The van der Waals surface area contributed by atoms with Gasteiger partial charge in [-0.1, -0.05) is 176 Å². The molecule has 4 nitrogen and oxygen atoms in total. The van der Waals surface area contributed by atoms with Gasteiger partial charge in [0.15, 0.2) is 17.5 Å². The Kier molecular flexibility index (Phi) is 7.71. The van der Waals surface area contributed by atoms with E-state index in [9.17, 15) is 5.26 Å². The van der Waals surface area contributed by atoms with Gasteiger partial charge in [-0.15, -0.1) is 0 Å². The number of fused-ring (bicyclic) bond motifs is 5. The summed E-state index contributed by atoms with van der Waals surface area (Å²) < 4.78 is 0. The predicted octanol–water partition coefficient (Wildman–Crippen LogP) is 11.9. The van der Waals surface area contributed by atoms with Gasteiger partial charge in [-0.25, -0.2) is 15.0 Å². The van der Waals surface area contributed by atoms with Crippen molar-refractivity contribution in [3.8, 4) is 62.5 Å². The molecule has 0 saturated heterocycles. The van der Waals surface area contributed by atoms with Gasteiger partial charge < -0.3 is 0 Å². The van der Waals surface area contributed by atoms with Crippen molar-refractivity contribution in [1.29, 1.82) is 5.26 Å². The van der Waals surface area contributed by atoms with Crippen LogP contribution in [0.1, 0.15) is 27.8 Å². The van der Waals surface area contributed by atoms with Gasteiger partial charge in [0.25, 0.3) is 0 Å². The minimum absolute atomic E-state index is 0.619. The predicted molar refractivity (Wildman–Crippen MR) is 221 cm³/mol. The molecule has 10 rings (SSSR count). The number of nitrogens with zero attached hydrogens (tertiary/aromatic N) is 4. The zero-order valence-electron chi connectivity index (χ0n) is 29.8. The molecule has 0 N–H and O–H groups in total. The van der Waals surface area contributed by atoms with Crippen molar-refractivity contribution in [2.75, 3.05) is 0 Å². The number of rotatable bonds is 6. The first kappa shape index (κ1) is 32.2. The van der Waals surface area contributed by atoms with E-state index in [2.05, 4.69) is 127 Å². The average molecular weight is 701 g/mol. The fourth-order valence-corrected chi connectivity index (χ4v) is 8.41. The van der Waals surface area contributed by atoms with E-state index in [1.54, 1.807) is 0 Å². The maximum atomic E-state index is 10.1. The monoisotopic (exact) mass is 700 g/mol. The van der Waals surface area contributed by atoms with E-state index >= 15 is 0 Å². The fraction of sp³-hybridized carbons (Fsp3) is 0.0196. The molecule has 1 atom stereocenters.